The molecule has 21 heavy (non-hydrogen) atoms. The highest BCUT2D eigenvalue weighted by atomic mass is 35.5. The molecule has 0 fully saturated rings. The molecule has 2 aromatic rings. The number of carbonyl (C=O) groups excluding carboxylic acids is 1. The van der Waals surface area contributed by atoms with Gasteiger partial charge in [-0.25, -0.2) is 0 Å². The topological polar surface area (TPSA) is 54.0 Å². The zero-order valence-electron chi connectivity index (χ0n) is 12.1. The number of amides is 1. The van der Waals surface area contributed by atoms with E-state index in [1.54, 1.807) is 18.3 Å². The van der Waals surface area contributed by atoms with Crippen molar-refractivity contribution >= 4 is 23.2 Å². The van der Waals surface area contributed by atoms with Crippen molar-refractivity contribution in [1.82, 2.24) is 10.3 Å². The number of nitrogens with zero attached hydrogens (tertiary/aromatic N) is 1. The summed E-state index contributed by atoms with van der Waals surface area (Å²) in [6, 6.07) is 11.2. The minimum absolute atomic E-state index is 0.0115. The third-order valence-corrected chi connectivity index (χ3v) is 3.41. The van der Waals surface area contributed by atoms with Crippen molar-refractivity contribution in [3.05, 3.63) is 58.9 Å². The van der Waals surface area contributed by atoms with Crippen molar-refractivity contribution in [2.24, 2.45) is 0 Å². The van der Waals surface area contributed by atoms with Crippen molar-refractivity contribution in [3.63, 3.8) is 0 Å². The predicted octanol–water partition coefficient (Wildman–Crippen LogP) is 3.33. The Bertz CT molecular complexity index is 616. The first kappa shape index (κ1) is 15.5. The molecule has 0 aliphatic heterocycles. The second-order valence-electron chi connectivity index (χ2n) is 4.86. The Labute approximate surface area is 129 Å². The molecular weight excluding hydrogens is 286 g/mol. The van der Waals surface area contributed by atoms with E-state index in [4.69, 9.17) is 11.6 Å². The maximum absolute atomic E-state index is 12.0. The first-order valence-corrected chi connectivity index (χ1v) is 7.14. The van der Waals surface area contributed by atoms with Gasteiger partial charge in [-0.1, -0.05) is 23.7 Å². The maximum atomic E-state index is 12.0. The maximum Gasteiger partial charge on any atom is 0.238 e. The minimum atomic E-state index is -0.108. The minimum Gasteiger partial charge on any atom is -0.325 e. The zero-order valence-corrected chi connectivity index (χ0v) is 12.8. The van der Waals surface area contributed by atoms with E-state index < -0.39 is 0 Å². The van der Waals surface area contributed by atoms with E-state index >= 15 is 0 Å². The summed E-state index contributed by atoms with van der Waals surface area (Å²) in [6.07, 6.45) is 1.74. The molecule has 0 aliphatic carbocycles. The van der Waals surface area contributed by atoms with E-state index in [0.29, 0.717) is 5.02 Å². The number of aryl methyl sites for hydroxylation is 1. The summed E-state index contributed by atoms with van der Waals surface area (Å²) in [4.78, 5) is 16.2. The van der Waals surface area contributed by atoms with E-state index in [0.717, 1.165) is 16.9 Å². The third kappa shape index (κ3) is 4.55. The highest BCUT2D eigenvalue weighted by Crippen LogP contribution is 2.20. The van der Waals surface area contributed by atoms with E-state index in [1.807, 2.05) is 38.1 Å². The summed E-state index contributed by atoms with van der Waals surface area (Å²) in [7, 11) is 0. The van der Waals surface area contributed by atoms with Gasteiger partial charge in [0.05, 0.1) is 12.2 Å². The van der Waals surface area contributed by atoms with Gasteiger partial charge in [-0.05, 0) is 43.7 Å². The van der Waals surface area contributed by atoms with Gasteiger partial charge < -0.3 is 10.6 Å². The van der Waals surface area contributed by atoms with Crippen LogP contribution in [0.2, 0.25) is 5.02 Å². The SMILES string of the molecule is Cc1ccc(Cl)cc1NC(=O)CNC(C)c1ccccn1. The standard InChI is InChI=1S/C16H18ClN3O/c1-11-6-7-13(17)9-15(11)20-16(21)10-19-12(2)14-5-3-4-8-18-14/h3-9,12,19H,10H2,1-2H3,(H,20,21). The Morgan fingerprint density at radius 1 is 1.33 bits per heavy atom. The molecule has 0 saturated heterocycles. The Morgan fingerprint density at radius 2 is 2.14 bits per heavy atom. The molecule has 2 N–H and O–H groups in total. The van der Waals surface area contributed by atoms with Gasteiger partial charge in [-0.15, -0.1) is 0 Å². The molecule has 0 aliphatic rings. The van der Waals surface area contributed by atoms with Crippen molar-refractivity contribution < 1.29 is 4.79 Å². The largest absolute Gasteiger partial charge is 0.325 e. The van der Waals surface area contributed by atoms with Crippen LogP contribution in [0, 0.1) is 6.92 Å². The van der Waals surface area contributed by atoms with Crippen molar-refractivity contribution in [2.75, 3.05) is 11.9 Å². The number of hydrogen-bond acceptors (Lipinski definition) is 3. The fourth-order valence-corrected chi connectivity index (χ4v) is 2.08. The number of rotatable bonds is 5. The van der Waals surface area contributed by atoms with E-state index in [9.17, 15) is 4.79 Å². The lowest BCUT2D eigenvalue weighted by Gasteiger charge is -2.14. The number of pyridine rings is 1. The molecule has 0 saturated carbocycles. The number of nitrogens with one attached hydrogen (secondary N) is 2. The number of anilines is 1. The smallest absolute Gasteiger partial charge is 0.238 e. The first-order valence-electron chi connectivity index (χ1n) is 6.76. The Balaban J connectivity index is 1.89. The monoisotopic (exact) mass is 303 g/mol. The quantitative estimate of drug-likeness (QED) is 0.891. The second kappa shape index (κ2) is 7.20. The summed E-state index contributed by atoms with van der Waals surface area (Å²) in [5.41, 5.74) is 2.62. The van der Waals surface area contributed by atoms with Crippen LogP contribution < -0.4 is 10.6 Å². The Kier molecular flexibility index (Phi) is 5.31. The molecule has 4 nitrogen and oxygen atoms in total. The molecule has 0 spiro atoms. The van der Waals surface area contributed by atoms with Crippen LogP contribution >= 0.6 is 11.6 Å². The second-order valence-corrected chi connectivity index (χ2v) is 5.30. The molecule has 5 heteroatoms. The summed E-state index contributed by atoms with van der Waals surface area (Å²) in [5, 5.41) is 6.60. The fourth-order valence-electron chi connectivity index (χ4n) is 1.91. The zero-order chi connectivity index (χ0) is 15.2. The lowest BCUT2D eigenvalue weighted by molar-refractivity contribution is -0.115. The van der Waals surface area contributed by atoms with Gasteiger partial charge in [0, 0.05) is 22.9 Å². The Hall–Kier alpha value is -1.91. The predicted molar refractivity (Wildman–Crippen MR) is 85.5 cm³/mol. The Morgan fingerprint density at radius 3 is 2.86 bits per heavy atom. The molecule has 0 bridgehead atoms. The third-order valence-electron chi connectivity index (χ3n) is 3.17. The fraction of sp³-hybridized carbons (Fsp3) is 0.250. The lowest BCUT2D eigenvalue weighted by atomic mass is 10.2. The van der Waals surface area contributed by atoms with E-state index in [2.05, 4.69) is 15.6 Å². The van der Waals surface area contributed by atoms with Crippen LogP contribution in [0.1, 0.15) is 24.2 Å². The van der Waals surface area contributed by atoms with Gasteiger partial charge in [0.2, 0.25) is 5.91 Å². The number of benzene rings is 1. The molecule has 0 radical (unpaired) electrons. The first-order chi connectivity index (χ1) is 10.1. The van der Waals surface area contributed by atoms with Crippen molar-refractivity contribution in [2.45, 2.75) is 19.9 Å². The van der Waals surface area contributed by atoms with E-state index in [1.165, 1.54) is 0 Å². The highest BCUT2D eigenvalue weighted by Gasteiger charge is 2.09. The van der Waals surface area contributed by atoms with Gasteiger partial charge >= 0.3 is 0 Å². The van der Waals surface area contributed by atoms with Crippen LogP contribution in [0.25, 0.3) is 0 Å². The molecule has 1 heterocycles. The summed E-state index contributed by atoms with van der Waals surface area (Å²) < 4.78 is 0. The molecule has 1 unspecified atom stereocenters. The van der Waals surface area contributed by atoms with Gasteiger partial charge in [0.25, 0.3) is 0 Å². The molecule has 1 aromatic carbocycles. The van der Waals surface area contributed by atoms with E-state index in [-0.39, 0.29) is 18.5 Å². The number of halogens is 1. The molecule has 110 valence electrons. The molecule has 1 aromatic heterocycles. The van der Waals surface area contributed by atoms with Crippen molar-refractivity contribution in [3.8, 4) is 0 Å². The van der Waals surface area contributed by atoms with Crippen molar-refractivity contribution in [1.29, 1.82) is 0 Å². The average molecular weight is 304 g/mol. The summed E-state index contributed by atoms with van der Waals surface area (Å²) >= 11 is 5.93. The van der Waals surface area contributed by atoms with Crippen LogP contribution in [0.15, 0.2) is 42.6 Å². The summed E-state index contributed by atoms with van der Waals surface area (Å²) in [6.45, 7) is 4.11. The van der Waals surface area contributed by atoms with Crippen LogP contribution in [-0.4, -0.2) is 17.4 Å². The number of carbonyl (C=O) groups is 1. The van der Waals surface area contributed by atoms with Gasteiger partial charge in [-0.3, -0.25) is 9.78 Å². The average Bonchev–Trinajstić information content (AvgIpc) is 2.49. The highest BCUT2D eigenvalue weighted by molar-refractivity contribution is 6.31. The van der Waals surface area contributed by atoms with Crippen LogP contribution in [0.3, 0.4) is 0 Å². The molecule has 1 amide bonds. The van der Waals surface area contributed by atoms with Gasteiger partial charge in [-0.2, -0.15) is 0 Å². The summed E-state index contributed by atoms with van der Waals surface area (Å²) in [5.74, 6) is -0.108. The van der Waals surface area contributed by atoms with Gasteiger partial charge in [0.15, 0.2) is 0 Å². The molecule has 1 atom stereocenters. The van der Waals surface area contributed by atoms with Crippen LogP contribution in [-0.2, 0) is 4.79 Å². The molecular formula is C16H18ClN3O. The molecule has 2 rings (SSSR count). The van der Waals surface area contributed by atoms with Gasteiger partial charge in [0.1, 0.15) is 0 Å². The number of hydrogen-bond donors (Lipinski definition) is 2. The van der Waals surface area contributed by atoms with Crippen LogP contribution in [0.4, 0.5) is 5.69 Å². The van der Waals surface area contributed by atoms with Crippen LogP contribution in [0.5, 0.6) is 0 Å². The lowest BCUT2D eigenvalue weighted by Crippen LogP contribution is -2.30. The normalized spacial score (nSPS) is 12.0. The number of aromatic nitrogens is 1.